The van der Waals surface area contributed by atoms with Crippen molar-refractivity contribution in [3.63, 3.8) is 0 Å². The van der Waals surface area contributed by atoms with Crippen molar-refractivity contribution >= 4 is 16.8 Å². The third kappa shape index (κ3) is 2.69. The Labute approximate surface area is 126 Å². The normalized spacial score (nSPS) is 19.3. The van der Waals surface area contributed by atoms with E-state index >= 15 is 0 Å². The number of carbonyl (C=O) groups excluding carboxylic acids is 1. The highest BCUT2D eigenvalue weighted by molar-refractivity contribution is 5.99. The third-order valence-corrected chi connectivity index (χ3v) is 4.69. The zero-order valence-electron chi connectivity index (χ0n) is 13.1. The quantitative estimate of drug-likeness (QED) is 0.884. The van der Waals surface area contributed by atoms with Crippen LogP contribution in [0.3, 0.4) is 0 Å². The van der Waals surface area contributed by atoms with Crippen molar-refractivity contribution in [2.45, 2.75) is 52.5 Å². The van der Waals surface area contributed by atoms with Gasteiger partial charge in [0.1, 0.15) is 0 Å². The fraction of sp³-hybridized carbons (Fsp3) is 0.500. The van der Waals surface area contributed by atoms with Crippen LogP contribution in [0.5, 0.6) is 0 Å². The molecule has 21 heavy (non-hydrogen) atoms. The summed E-state index contributed by atoms with van der Waals surface area (Å²) in [5, 5.41) is 4.27. The first-order chi connectivity index (χ1) is 10.1. The molecule has 2 aromatic rings. The molecule has 1 aliphatic carbocycles. The van der Waals surface area contributed by atoms with E-state index in [1.165, 1.54) is 23.1 Å². The Kier molecular flexibility index (Phi) is 3.75. The molecule has 0 saturated heterocycles. The van der Waals surface area contributed by atoms with Gasteiger partial charge in [-0.25, -0.2) is 0 Å². The van der Waals surface area contributed by atoms with Crippen LogP contribution in [0, 0.1) is 5.92 Å². The fourth-order valence-corrected chi connectivity index (χ4v) is 3.14. The molecule has 112 valence electrons. The van der Waals surface area contributed by atoms with Crippen molar-refractivity contribution in [3.8, 4) is 0 Å². The SMILES string of the molecule is CCC(C)NC(=O)c1ccc2[nH]c3c(c2c1)CC(C)CC3. The summed E-state index contributed by atoms with van der Waals surface area (Å²) in [6.45, 7) is 6.43. The second-order valence-electron chi connectivity index (χ2n) is 6.47. The van der Waals surface area contributed by atoms with Gasteiger partial charge in [-0.3, -0.25) is 4.79 Å². The maximum atomic E-state index is 12.3. The van der Waals surface area contributed by atoms with E-state index in [9.17, 15) is 4.79 Å². The third-order valence-electron chi connectivity index (χ3n) is 4.69. The minimum atomic E-state index is 0.0325. The van der Waals surface area contributed by atoms with E-state index in [2.05, 4.69) is 30.2 Å². The number of benzene rings is 1. The van der Waals surface area contributed by atoms with Gasteiger partial charge in [0.05, 0.1) is 0 Å². The van der Waals surface area contributed by atoms with E-state index in [1.54, 1.807) is 0 Å². The summed E-state index contributed by atoms with van der Waals surface area (Å²) in [5.41, 5.74) is 4.71. The lowest BCUT2D eigenvalue weighted by Gasteiger charge is -2.18. The summed E-state index contributed by atoms with van der Waals surface area (Å²) in [4.78, 5) is 15.8. The average molecular weight is 284 g/mol. The molecule has 3 heteroatoms. The first-order valence-electron chi connectivity index (χ1n) is 8.02. The summed E-state index contributed by atoms with van der Waals surface area (Å²) >= 11 is 0. The summed E-state index contributed by atoms with van der Waals surface area (Å²) in [6, 6.07) is 6.24. The largest absolute Gasteiger partial charge is 0.358 e. The van der Waals surface area contributed by atoms with Crippen molar-refractivity contribution in [3.05, 3.63) is 35.0 Å². The molecule has 0 radical (unpaired) electrons. The molecule has 0 bridgehead atoms. The van der Waals surface area contributed by atoms with Crippen LogP contribution < -0.4 is 5.32 Å². The molecule has 2 unspecified atom stereocenters. The van der Waals surface area contributed by atoms with Crippen LogP contribution in [0.4, 0.5) is 0 Å². The number of H-pyrrole nitrogens is 1. The molecule has 2 atom stereocenters. The van der Waals surface area contributed by atoms with Gasteiger partial charge in [0, 0.05) is 28.2 Å². The highest BCUT2D eigenvalue weighted by Crippen LogP contribution is 2.32. The molecule has 1 aromatic carbocycles. The fourth-order valence-electron chi connectivity index (χ4n) is 3.14. The lowest BCUT2D eigenvalue weighted by molar-refractivity contribution is 0.0939. The van der Waals surface area contributed by atoms with E-state index < -0.39 is 0 Å². The zero-order chi connectivity index (χ0) is 15.0. The van der Waals surface area contributed by atoms with E-state index in [4.69, 9.17) is 0 Å². The molecule has 0 aliphatic heterocycles. The van der Waals surface area contributed by atoms with Crippen LogP contribution in [0.25, 0.3) is 10.9 Å². The van der Waals surface area contributed by atoms with Gasteiger partial charge >= 0.3 is 0 Å². The van der Waals surface area contributed by atoms with Crippen LogP contribution in [0.2, 0.25) is 0 Å². The smallest absolute Gasteiger partial charge is 0.251 e. The van der Waals surface area contributed by atoms with Crippen molar-refractivity contribution in [2.24, 2.45) is 5.92 Å². The second kappa shape index (κ2) is 5.55. The van der Waals surface area contributed by atoms with E-state index in [1.807, 2.05) is 19.1 Å². The summed E-state index contributed by atoms with van der Waals surface area (Å²) in [6.07, 6.45) is 4.44. The minimum absolute atomic E-state index is 0.0325. The van der Waals surface area contributed by atoms with Crippen LogP contribution >= 0.6 is 0 Å². The van der Waals surface area contributed by atoms with Gasteiger partial charge in [-0.1, -0.05) is 13.8 Å². The number of fused-ring (bicyclic) bond motifs is 3. The van der Waals surface area contributed by atoms with Crippen molar-refractivity contribution in [2.75, 3.05) is 0 Å². The zero-order valence-corrected chi connectivity index (χ0v) is 13.1. The number of rotatable bonds is 3. The van der Waals surface area contributed by atoms with Crippen molar-refractivity contribution in [1.82, 2.24) is 10.3 Å². The van der Waals surface area contributed by atoms with Gasteiger partial charge in [0.2, 0.25) is 0 Å². The molecule has 0 fully saturated rings. The Morgan fingerprint density at radius 2 is 2.29 bits per heavy atom. The molecule has 1 aliphatic rings. The Morgan fingerprint density at radius 3 is 3.05 bits per heavy atom. The Balaban J connectivity index is 1.96. The Bertz CT molecular complexity index is 671. The van der Waals surface area contributed by atoms with Crippen molar-refractivity contribution < 1.29 is 4.79 Å². The van der Waals surface area contributed by atoms with Crippen LogP contribution in [-0.4, -0.2) is 16.9 Å². The van der Waals surface area contributed by atoms with Crippen molar-refractivity contribution in [1.29, 1.82) is 0 Å². The summed E-state index contributed by atoms with van der Waals surface area (Å²) < 4.78 is 0. The van der Waals surface area contributed by atoms with Crippen LogP contribution in [-0.2, 0) is 12.8 Å². The maximum Gasteiger partial charge on any atom is 0.251 e. The number of amides is 1. The van der Waals surface area contributed by atoms with E-state index in [-0.39, 0.29) is 11.9 Å². The van der Waals surface area contributed by atoms with Gasteiger partial charge in [0.25, 0.3) is 5.91 Å². The van der Waals surface area contributed by atoms with Gasteiger partial charge in [0.15, 0.2) is 0 Å². The van der Waals surface area contributed by atoms with Crippen LogP contribution in [0.1, 0.15) is 55.2 Å². The topological polar surface area (TPSA) is 44.9 Å². The molecule has 1 amide bonds. The van der Waals surface area contributed by atoms with Gasteiger partial charge in [-0.05, 0) is 62.3 Å². The van der Waals surface area contributed by atoms with Gasteiger partial charge < -0.3 is 10.3 Å². The molecule has 3 nitrogen and oxygen atoms in total. The second-order valence-corrected chi connectivity index (χ2v) is 6.47. The summed E-state index contributed by atoms with van der Waals surface area (Å²) in [7, 11) is 0. The van der Waals surface area contributed by atoms with E-state index in [0.717, 1.165) is 36.3 Å². The number of hydrogen-bond donors (Lipinski definition) is 2. The first-order valence-corrected chi connectivity index (χ1v) is 8.02. The maximum absolute atomic E-state index is 12.3. The lowest BCUT2D eigenvalue weighted by Crippen LogP contribution is -2.31. The molecule has 0 spiro atoms. The van der Waals surface area contributed by atoms with E-state index in [0.29, 0.717) is 0 Å². The highest BCUT2D eigenvalue weighted by Gasteiger charge is 2.20. The van der Waals surface area contributed by atoms with Crippen LogP contribution in [0.15, 0.2) is 18.2 Å². The predicted octanol–water partition coefficient (Wildman–Crippen LogP) is 3.82. The number of aromatic nitrogens is 1. The molecule has 0 saturated carbocycles. The molecule has 1 aromatic heterocycles. The number of nitrogens with one attached hydrogen (secondary N) is 2. The molecular weight excluding hydrogens is 260 g/mol. The summed E-state index contributed by atoms with van der Waals surface area (Å²) in [5.74, 6) is 0.763. The number of carbonyl (C=O) groups is 1. The monoisotopic (exact) mass is 284 g/mol. The Hall–Kier alpha value is -1.77. The first kappa shape index (κ1) is 14.2. The Morgan fingerprint density at radius 1 is 1.48 bits per heavy atom. The number of aromatic amines is 1. The predicted molar refractivity (Wildman–Crippen MR) is 86.7 cm³/mol. The molecule has 2 N–H and O–H groups in total. The highest BCUT2D eigenvalue weighted by atomic mass is 16.1. The molecular formula is C18H24N2O. The lowest BCUT2D eigenvalue weighted by atomic mass is 9.87. The molecule has 3 rings (SSSR count). The number of hydrogen-bond acceptors (Lipinski definition) is 1. The minimum Gasteiger partial charge on any atom is -0.358 e. The standard InChI is InChI=1S/C18H24N2O/c1-4-12(3)19-18(21)13-6-8-17-15(10-13)14-9-11(2)5-7-16(14)20-17/h6,8,10-12,20H,4-5,7,9H2,1-3H3,(H,19,21). The average Bonchev–Trinajstić information content (AvgIpc) is 2.84. The molecule has 1 heterocycles. The van der Waals surface area contributed by atoms with Gasteiger partial charge in [-0.15, -0.1) is 0 Å². The number of aryl methyl sites for hydroxylation is 1. The van der Waals surface area contributed by atoms with Gasteiger partial charge in [-0.2, -0.15) is 0 Å².